The van der Waals surface area contributed by atoms with E-state index in [0.29, 0.717) is 23.5 Å². The van der Waals surface area contributed by atoms with Crippen LogP contribution in [0.5, 0.6) is 5.75 Å². The minimum atomic E-state index is -0.812. The molecule has 200 valence electrons. The van der Waals surface area contributed by atoms with Gasteiger partial charge in [-0.2, -0.15) is 4.68 Å². The summed E-state index contributed by atoms with van der Waals surface area (Å²) in [6, 6.07) is 18.4. The number of carbonyl (C=O) groups excluding carboxylic acids is 2. The second-order valence-electron chi connectivity index (χ2n) is 9.38. The van der Waals surface area contributed by atoms with Gasteiger partial charge in [-0.3, -0.25) is 14.2 Å². The van der Waals surface area contributed by atoms with Crippen LogP contribution in [0.1, 0.15) is 51.9 Å². The molecule has 1 aromatic heterocycles. The molecule has 3 aromatic carbocycles. The summed E-state index contributed by atoms with van der Waals surface area (Å²) in [6.45, 7) is 1.95. The van der Waals surface area contributed by atoms with Crippen LogP contribution in [-0.2, 0) is 20.1 Å². The number of benzene rings is 3. The van der Waals surface area contributed by atoms with E-state index in [1.807, 2.05) is 37.3 Å². The highest BCUT2D eigenvalue weighted by atomic mass is 19.1. The number of rotatable bonds is 9. The predicted molar refractivity (Wildman–Crippen MR) is 144 cm³/mol. The maximum Gasteiger partial charge on any atom is 0.350 e. The van der Waals surface area contributed by atoms with Gasteiger partial charge < -0.3 is 15.4 Å². The number of aromatic nitrogens is 3. The van der Waals surface area contributed by atoms with Gasteiger partial charge in [0.25, 0.3) is 11.8 Å². The normalized spacial score (nSPS) is 12.7. The average Bonchev–Trinajstić information content (AvgIpc) is 3.72. The molecule has 1 fully saturated rings. The van der Waals surface area contributed by atoms with Crippen molar-refractivity contribution in [1.82, 2.24) is 19.7 Å². The van der Waals surface area contributed by atoms with Crippen LogP contribution in [0.4, 0.5) is 10.1 Å². The van der Waals surface area contributed by atoms with Gasteiger partial charge in [0.05, 0.1) is 5.56 Å². The zero-order valence-electron chi connectivity index (χ0n) is 21.6. The van der Waals surface area contributed by atoms with E-state index in [1.54, 1.807) is 31.3 Å². The van der Waals surface area contributed by atoms with Crippen molar-refractivity contribution < 1.29 is 18.7 Å². The maximum atomic E-state index is 15.4. The van der Waals surface area contributed by atoms with Crippen molar-refractivity contribution in [1.29, 1.82) is 0 Å². The van der Waals surface area contributed by atoms with Gasteiger partial charge in [-0.1, -0.05) is 43.3 Å². The van der Waals surface area contributed by atoms with Gasteiger partial charge in [-0.15, -0.1) is 5.10 Å². The van der Waals surface area contributed by atoms with Gasteiger partial charge in [-0.05, 0) is 42.7 Å². The number of anilines is 1. The number of nitrogens with zero attached hydrogens (tertiary/aromatic N) is 3. The van der Waals surface area contributed by atoms with Crippen LogP contribution >= 0.6 is 0 Å². The Morgan fingerprint density at radius 1 is 1.05 bits per heavy atom. The first-order chi connectivity index (χ1) is 18.8. The van der Waals surface area contributed by atoms with Gasteiger partial charge in [0.2, 0.25) is 0 Å². The van der Waals surface area contributed by atoms with Crippen molar-refractivity contribution in [3.8, 4) is 11.4 Å². The lowest BCUT2D eigenvalue weighted by Crippen LogP contribution is -2.25. The smallest absolute Gasteiger partial charge is 0.350 e. The lowest BCUT2D eigenvalue weighted by molar-refractivity contribution is 0.0949. The molecule has 5 rings (SSSR count). The van der Waals surface area contributed by atoms with E-state index in [4.69, 9.17) is 4.74 Å². The number of ether oxygens (including phenoxy) is 1. The average molecular weight is 530 g/mol. The molecule has 1 heterocycles. The first-order valence-electron chi connectivity index (χ1n) is 12.7. The molecule has 9 nitrogen and oxygen atoms in total. The van der Waals surface area contributed by atoms with E-state index in [2.05, 4.69) is 15.7 Å². The Kier molecular flexibility index (Phi) is 7.27. The topological polar surface area (TPSA) is 107 Å². The van der Waals surface area contributed by atoms with Gasteiger partial charge in [0, 0.05) is 36.8 Å². The van der Waals surface area contributed by atoms with Gasteiger partial charge >= 0.3 is 5.69 Å². The van der Waals surface area contributed by atoms with Crippen molar-refractivity contribution in [3.63, 3.8) is 0 Å². The largest absolute Gasteiger partial charge is 0.488 e. The summed E-state index contributed by atoms with van der Waals surface area (Å²) in [4.78, 5) is 38.5. The molecule has 1 saturated carbocycles. The summed E-state index contributed by atoms with van der Waals surface area (Å²) in [5.74, 6) is -1.11. The number of hydrogen-bond donors (Lipinski definition) is 2. The molecule has 0 bridgehead atoms. The summed E-state index contributed by atoms with van der Waals surface area (Å²) >= 11 is 0. The number of halogens is 1. The Hall–Kier alpha value is -4.73. The molecule has 0 saturated heterocycles. The van der Waals surface area contributed by atoms with E-state index in [9.17, 15) is 14.4 Å². The third-order valence-electron chi connectivity index (χ3n) is 6.44. The molecule has 2 N–H and O–H groups in total. The van der Waals surface area contributed by atoms with Crippen molar-refractivity contribution >= 4 is 17.5 Å². The minimum Gasteiger partial charge on any atom is -0.488 e. The Morgan fingerprint density at radius 2 is 1.82 bits per heavy atom. The lowest BCUT2D eigenvalue weighted by Gasteiger charge is -2.15. The Morgan fingerprint density at radius 3 is 2.51 bits per heavy atom. The predicted octanol–water partition coefficient (Wildman–Crippen LogP) is 4.00. The van der Waals surface area contributed by atoms with Crippen molar-refractivity contribution in [2.45, 2.75) is 38.8 Å². The number of hydrogen-bond acceptors (Lipinski definition) is 5. The molecule has 0 unspecified atom stereocenters. The lowest BCUT2D eigenvalue weighted by atomic mass is 10.1. The van der Waals surface area contributed by atoms with Crippen molar-refractivity contribution in [3.05, 3.63) is 106 Å². The van der Waals surface area contributed by atoms with Gasteiger partial charge in [0.1, 0.15) is 29.7 Å². The Balaban J connectivity index is 1.47. The van der Waals surface area contributed by atoms with Crippen LogP contribution in [0.15, 0.2) is 71.5 Å². The highest BCUT2D eigenvalue weighted by Crippen LogP contribution is 2.27. The third kappa shape index (κ3) is 5.74. The molecule has 39 heavy (non-hydrogen) atoms. The molecule has 0 aliphatic heterocycles. The zero-order valence-corrected chi connectivity index (χ0v) is 21.6. The van der Waals surface area contributed by atoms with E-state index >= 15 is 4.39 Å². The molecule has 0 radical (unpaired) electrons. The van der Waals surface area contributed by atoms with Crippen molar-refractivity contribution in [2.24, 2.45) is 7.05 Å². The first-order valence-corrected chi connectivity index (χ1v) is 12.7. The summed E-state index contributed by atoms with van der Waals surface area (Å²) in [7, 11) is 1.57. The maximum absolute atomic E-state index is 15.4. The minimum absolute atomic E-state index is 0.0697. The molecule has 10 heteroatoms. The fourth-order valence-corrected chi connectivity index (χ4v) is 4.11. The van der Waals surface area contributed by atoms with Crippen molar-refractivity contribution in [2.75, 3.05) is 5.32 Å². The summed E-state index contributed by atoms with van der Waals surface area (Å²) < 4.78 is 23.7. The van der Waals surface area contributed by atoms with Crippen LogP contribution in [0.25, 0.3) is 5.69 Å². The quantitative estimate of drug-likeness (QED) is 0.341. The zero-order chi connectivity index (χ0) is 27.5. The molecular formula is C29H28FN5O4. The van der Waals surface area contributed by atoms with E-state index < -0.39 is 17.4 Å². The van der Waals surface area contributed by atoms with E-state index in [1.165, 1.54) is 10.6 Å². The van der Waals surface area contributed by atoms with Crippen LogP contribution < -0.4 is 21.1 Å². The Labute approximate surface area is 224 Å². The Bertz CT molecular complexity index is 1590. The second-order valence-corrected chi connectivity index (χ2v) is 9.38. The molecule has 1 aliphatic carbocycles. The molecule has 0 atom stereocenters. The van der Waals surface area contributed by atoms with E-state index in [-0.39, 0.29) is 35.6 Å². The number of carbonyl (C=O) groups is 2. The van der Waals surface area contributed by atoms with Gasteiger partial charge in [0.15, 0.2) is 0 Å². The van der Waals surface area contributed by atoms with Gasteiger partial charge in [-0.25, -0.2) is 9.18 Å². The van der Waals surface area contributed by atoms with Crippen LogP contribution in [0.2, 0.25) is 0 Å². The van der Waals surface area contributed by atoms with Crippen LogP contribution in [-0.4, -0.2) is 32.2 Å². The number of amides is 2. The third-order valence-corrected chi connectivity index (χ3v) is 6.44. The molecule has 2 amide bonds. The monoisotopic (exact) mass is 529 g/mol. The summed E-state index contributed by atoms with van der Waals surface area (Å²) in [5, 5.41) is 9.88. The van der Waals surface area contributed by atoms with Crippen LogP contribution in [0.3, 0.4) is 0 Å². The first kappa shape index (κ1) is 25.9. The fourth-order valence-electron chi connectivity index (χ4n) is 4.11. The number of nitrogens with one attached hydrogen (secondary N) is 2. The summed E-state index contributed by atoms with van der Waals surface area (Å²) in [5.41, 5.74) is 0.900. The number of aryl methyl sites for hydroxylation is 1. The second kappa shape index (κ2) is 10.9. The molecule has 1 aliphatic rings. The standard InChI is InChI=1S/C29H28FN5O4/c1-3-26-33-35(29(38)34(26)2)24-16-25(39-17-18-8-5-4-6-9-18)22(15-23(24)30)28(37)32-21-11-7-10-19(14-21)27(36)31-20-12-13-20/h4-11,14-16,20H,3,12-13,17H2,1-2H3,(H,31,36)(H,32,37). The molecular weight excluding hydrogens is 501 g/mol. The highest BCUT2D eigenvalue weighted by molar-refractivity contribution is 6.07. The fraction of sp³-hybridized carbons (Fsp3) is 0.241. The van der Waals surface area contributed by atoms with E-state index in [0.717, 1.165) is 29.2 Å². The van der Waals surface area contributed by atoms with Crippen LogP contribution in [0, 0.1) is 5.82 Å². The highest BCUT2D eigenvalue weighted by Gasteiger charge is 2.24. The molecule has 4 aromatic rings. The molecule has 0 spiro atoms. The summed E-state index contributed by atoms with van der Waals surface area (Å²) in [6.07, 6.45) is 2.40. The SMILES string of the molecule is CCc1nn(-c2cc(OCc3ccccc3)c(C(=O)Nc3cccc(C(=O)NC4CC4)c3)cc2F)c(=O)n1C.